The Balaban J connectivity index is 2.06. The first-order valence-corrected chi connectivity index (χ1v) is 12.2. The molecule has 3 aromatic rings. The van der Waals surface area contributed by atoms with Gasteiger partial charge in [0.2, 0.25) is 10.0 Å². The van der Waals surface area contributed by atoms with Crippen molar-refractivity contribution >= 4 is 32.5 Å². The highest BCUT2D eigenvalue weighted by atomic mass is 35.5. The number of nitrogens with one attached hydrogen (secondary N) is 1. The smallest absolute Gasteiger partial charge is 0.213 e. The molecule has 0 amide bonds. The second-order valence-corrected chi connectivity index (χ2v) is 12.0. The predicted octanol–water partition coefficient (Wildman–Crippen LogP) is 5.41. The lowest BCUT2D eigenvalue weighted by atomic mass is 9.96. The zero-order chi connectivity index (χ0) is 23.0. The van der Waals surface area contributed by atoms with Crippen LogP contribution in [0.3, 0.4) is 0 Å². The quantitative estimate of drug-likeness (QED) is 0.507. The monoisotopic (exact) mass is 465 g/mol. The van der Waals surface area contributed by atoms with E-state index in [0.29, 0.717) is 22.6 Å². The lowest BCUT2D eigenvalue weighted by molar-refractivity contribution is 0.349. The second-order valence-electron chi connectivity index (χ2n) is 9.29. The van der Waals surface area contributed by atoms with Gasteiger partial charge in [0.25, 0.3) is 0 Å². The molecule has 168 valence electrons. The Morgan fingerprint density at radius 3 is 2.55 bits per heavy atom. The predicted molar refractivity (Wildman–Crippen MR) is 125 cm³/mol. The van der Waals surface area contributed by atoms with Gasteiger partial charge in [0, 0.05) is 53.7 Å². The van der Waals surface area contributed by atoms with Crippen molar-refractivity contribution in [3.05, 3.63) is 53.2 Å². The number of pyridine rings is 1. The van der Waals surface area contributed by atoms with Crippen molar-refractivity contribution in [1.29, 1.82) is 0 Å². The molecule has 0 atom stereocenters. The average Bonchev–Trinajstić information content (AvgIpc) is 2.96. The van der Waals surface area contributed by atoms with E-state index in [2.05, 4.69) is 35.0 Å². The standard InChI is InChI=1S/C23H29ClFN3O2S/c1-15(2)31(29,30)27-9-6-16-13-28(14-23(3,4)5)22-11-19(21(25)10-18(16)22)17-7-8-26-12-20(17)24/h7-8,10-13,15,27H,6,9,14H2,1-5H3. The fourth-order valence-corrected chi connectivity index (χ4v) is 4.46. The Hall–Kier alpha value is -1.96. The number of sulfonamides is 1. The first-order valence-electron chi connectivity index (χ1n) is 10.3. The van der Waals surface area contributed by atoms with Crippen LogP contribution in [-0.2, 0) is 23.0 Å². The summed E-state index contributed by atoms with van der Waals surface area (Å²) in [5.41, 5.74) is 2.80. The maximum Gasteiger partial charge on any atom is 0.213 e. The van der Waals surface area contributed by atoms with E-state index < -0.39 is 15.3 Å². The third-order valence-electron chi connectivity index (χ3n) is 5.08. The van der Waals surface area contributed by atoms with Gasteiger partial charge in [0.05, 0.1) is 10.3 Å². The van der Waals surface area contributed by atoms with Crippen LogP contribution in [0.4, 0.5) is 4.39 Å². The highest BCUT2D eigenvalue weighted by Gasteiger charge is 2.20. The van der Waals surface area contributed by atoms with Gasteiger partial charge in [-0.25, -0.2) is 17.5 Å². The number of nitrogens with zero attached hydrogens (tertiary/aromatic N) is 2. The van der Waals surface area contributed by atoms with Crippen LogP contribution < -0.4 is 4.72 Å². The molecule has 0 aliphatic heterocycles. The summed E-state index contributed by atoms with van der Waals surface area (Å²) in [4.78, 5) is 3.98. The fourth-order valence-electron chi connectivity index (χ4n) is 3.52. The Kier molecular flexibility index (Phi) is 6.79. The topological polar surface area (TPSA) is 64.0 Å². The van der Waals surface area contributed by atoms with E-state index in [4.69, 9.17) is 11.6 Å². The Morgan fingerprint density at radius 2 is 1.94 bits per heavy atom. The molecule has 0 radical (unpaired) electrons. The summed E-state index contributed by atoms with van der Waals surface area (Å²) in [6.07, 6.45) is 5.55. The van der Waals surface area contributed by atoms with Crippen molar-refractivity contribution in [3.63, 3.8) is 0 Å². The summed E-state index contributed by atoms with van der Waals surface area (Å²) in [6.45, 7) is 10.7. The van der Waals surface area contributed by atoms with Crippen LogP contribution in [0, 0.1) is 11.2 Å². The third-order valence-corrected chi connectivity index (χ3v) is 7.23. The molecular formula is C23H29ClFN3O2S. The van der Waals surface area contributed by atoms with E-state index in [9.17, 15) is 8.42 Å². The third kappa shape index (κ3) is 5.45. The van der Waals surface area contributed by atoms with E-state index >= 15 is 4.39 Å². The van der Waals surface area contributed by atoms with E-state index in [1.165, 1.54) is 12.3 Å². The average molecular weight is 466 g/mol. The van der Waals surface area contributed by atoms with Crippen molar-refractivity contribution in [2.75, 3.05) is 6.54 Å². The van der Waals surface area contributed by atoms with E-state index in [0.717, 1.165) is 23.0 Å². The van der Waals surface area contributed by atoms with E-state index in [1.807, 2.05) is 12.3 Å². The van der Waals surface area contributed by atoms with Gasteiger partial charge in [0.15, 0.2) is 0 Å². The minimum Gasteiger partial charge on any atom is -0.347 e. The zero-order valence-corrected chi connectivity index (χ0v) is 20.1. The molecule has 0 saturated heterocycles. The molecule has 31 heavy (non-hydrogen) atoms. The number of benzene rings is 1. The molecule has 0 spiro atoms. The molecule has 0 aliphatic rings. The van der Waals surface area contributed by atoms with Crippen LogP contribution in [0.5, 0.6) is 0 Å². The number of hydrogen-bond acceptors (Lipinski definition) is 3. The Labute approximate surface area is 188 Å². The first kappa shape index (κ1) is 23.7. The lowest BCUT2D eigenvalue weighted by Crippen LogP contribution is -2.32. The molecule has 0 fully saturated rings. The maximum atomic E-state index is 15.1. The summed E-state index contributed by atoms with van der Waals surface area (Å²) in [5.74, 6) is -0.377. The van der Waals surface area contributed by atoms with Crippen molar-refractivity contribution in [2.45, 2.75) is 52.8 Å². The largest absolute Gasteiger partial charge is 0.347 e. The lowest BCUT2D eigenvalue weighted by Gasteiger charge is -2.20. The Morgan fingerprint density at radius 1 is 1.23 bits per heavy atom. The molecule has 0 unspecified atom stereocenters. The van der Waals surface area contributed by atoms with Crippen molar-refractivity contribution in [2.24, 2.45) is 5.41 Å². The fraction of sp³-hybridized carbons (Fsp3) is 0.435. The van der Waals surface area contributed by atoms with Gasteiger partial charge in [0.1, 0.15) is 5.82 Å². The first-order chi connectivity index (χ1) is 14.4. The van der Waals surface area contributed by atoms with Crippen LogP contribution in [0.1, 0.15) is 40.2 Å². The molecule has 0 aliphatic carbocycles. The highest BCUT2D eigenvalue weighted by molar-refractivity contribution is 7.90. The molecular weight excluding hydrogens is 437 g/mol. The number of fused-ring (bicyclic) bond motifs is 1. The van der Waals surface area contributed by atoms with Crippen LogP contribution in [-0.4, -0.2) is 29.8 Å². The molecule has 8 heteroatoms. The van der Waals surface area contributed by atoms with Gasteiger partial charge in [-0.1, -0.05) is 32.4 Å². The van der Waals surface area contributed by atoms with E-state index in [-0.39, 0.29) is 17.8 Å². The van der Waals surface area contributed by atoms with Gasteiger partial charge < -0.3 is 4.57 Å². The van der Waals surface area contributed by atoms with Crippen molar-refractivity contribution < 1.29 is 12.8 Å². The molecule has 0 saturated carbocycles. The summed E-state index contributed by atoms with van der Waals surface area (Å²) in [5, 5.41) is 0.664. The number of halogens is 2. The van der Waals surface area contributed by atoms with Gasteiger partial charge in [-0.15, -0.1) is 0 Å². The van der Waals surface area contributed by atoms with Crippen LogP contribution in [0.25, 0.3) is 22.0 Å². The van der Waals surface area contributed by atoms with Crippen LogP contribution >= 0.6 is 11.6 Å². The zero-order valence-electron chi connectivity index (χ0n) is 18.5. The maximum absolute atomic E-state index is 15.1. The van der Waals surface area contributed by atoms with E-state index in [1.54, 1.807) is 26.1 Å². The SMILES string of the molecule is CC(C)S(=O)(=O)NCCc1cn(CC(C)(C)C)c2cc(-c3ccncc3Cl)c(F)cc12. The number of hydrogen-bond donors (Lipinski definition) is 1. The second kappa shape index (κ2) is 8.88. The van der Waals surface area contributed by atoms with Gasteiger partial charge in [-0.05, 0) is 49.4 Å². The minimum absolute atomic E-state index is 0.00527. The minimum atomic E-state index is -3.35. The van der Waals surface area contributed by atoms with Gasteiger partial charge in [-0.2, -0.15) is 0 Å². The molecule has 0 bridgehead atoms. The van der Waals surface area contributed by atoms with Crippen LogP contribution in [0.15, 0.2) is 36.8 Å². The molecule has 1 aromatic carbocycles. The summed E-state index contributed by atoms with van der Waals surface area (Å²) >= 11 is 6.27. The highest BCUT2D eigenvalue weighted by Crippen LogP contribution is 2.35. The number of rotatable bonds is 7. The number of aromatic nitrogens is 2. The molecule has 3 rings (SSSR count). The van der Waals surface area contributed by atoms with Gasteiger partial charge >= 0.3 is 0 Å². The van der Waals surface area contributed by atoms with Crippen molar-refractivity contribution in [3.8, 4) is 11.1 Å². The van der Waals surface area contributed by atoms with Gasteiger partial charge in [-0.3, -0.25) is 4.98 Å². The molecule has 2 aromatic heterocycles. The van der Waals surface area contributed by atoms with Crippen LogP contribution in [0.2, 0.25) is 5.02 Å². The normalized spacial score (nSPS) is 12.8. The summed E-state index contributed by atoms with van der Waals surface area (Å²) in [6, 6.07) is 5.04. The Bertz CT molecular complexity index is 1200. The molecule has 5 nitrogen and oxygen atoms in total. The summed E-state index contributed by atoms with van der Waals surface area (Å²) in [7, 11) is -3.35. The summed E-state index contributed by atoms with van der Waals surface area (Å²) < 4.78 is 44.0. The molecule has 2 heterocycles. The van der Waals surface area contributed by atoms with Crippen molar-refractivity contribution in [1.82, 2.24) is 14.3 Å². The molecule has 1 N–H and O–H groups in total.